The van der Waals surface area contributed by atoms with Crippen molar-refractivity contribution in [3.63, 3.8) is 0 Å². The lowest BCUT2D eigenvalue weighted by Crippen LogP contribution is -2.71. The normalized spacial score (nSPS) is 23.7. The molecule has 0 aliphatic carbocycles. The van der Waals surface area contributed by atoms with Crippen LogP contribution in [0.4, 0.5) is 4.79 Å². The highest BCUT2D eigenvalue weighted by Crippen LogP contribution is 2.30. The molecule has 3 atom stereocenters. The van der Waals surface area contributed by atoms with Gasteiger partial charge in [-0.05, 0) is 5.01 Å². The zero-order valence-electron chi connectivity index (χ0n) is 14.0. The van der Waals surface area contributed by atoms with E-state index in [1.165, 1.54) is 0 Å². The number of fused-ring (bicyclic) bond motifs is 1. The third-order valence-corrected chi connectivity index (χ3v) is 4.24. The average Bonchev–Trinajstić information content (AvgIpc) is 2.88. The lowest BCUT2D eigenvalue weighted by molar-refractivity contribution is -0.968. The average molecular weight is 440 g/mol. The first-order chi connectivity index (χ1) is 13.8. The molecule has 2 aliphatic heterocycles. The molecule has 2 saturated heterocycles. The zero-order chi connectivity index (χ0) is 23.1. The highest BCUT2D eigenvalue weighted by atomic mass is 16.7. The molecule has 0 bridgehead atoms. The number of hydrogen-bond donors (Lipinski definition) is 1. The number of amides is 2. The number of nitro groups is 6. The molecule has 164 valence electrons. The van der Waals surface area contributed by atoms with Crippen LogP contribution in [-0.2, 0) is 0 Å². The maximum atomic E-state index is 12.4. The van der Waals surface area contributed by atoms with E-state index < -0.39 is 78.2 Å². The second-order valence-electron chi connectivity index (χ2n) is 5.72. The first-order valence-corrected chi connectivity index (χ1v) is 7.25. The molecule has 23 nitrogen and oxygen atoms in total. The van der Waals surface area contributed by atoms with E-state index >= 15 is 0 Å². The molecular formula is C7H8N10O13. The first-order valence-electron chi connectivity index (χ1n) is 7.25. The predicted molar refractivity (Wildman–Crippen MR) is 79.8 cm³/mol. The van der Waals surface area contributed by atoms with Crippen molar-refractivity contribution in [2.24, 2.45) is 0 Å². The molecule has 0 radical (unpaired) electrons. The first kappa shape index (κ1) is 21.7. The maximum absolute atomic E-state index is 12.4. The maximum Gasteiger partial charge on any atom is 0.717 e. The van der Waals surface area contributed by atoms with Gasteiger partial charge in [0, 0.05) is 4.92 Å². The van der Waals surface area contributed by atoms with Crippen molar-refractivity contribution < 1.29 is 34.6 Å². The number of hydrogen-bond acceptors (Lipinski definition) is 14. The molecule has 0 saturated carbocycles. The Morgan fingerprint density at radius 2 is 1.40 bits per heavy atom. The van der Waals surface area contributed by atoms with Crippen LogP contribution in [0, 0.1) is 60.7 Å². The van der Waals surface area contributed by atoms with Gasteiger partial charge in [0.2, 0.25) is 18.9 Å². The van der Waals surface area contributed by atoms with Crippen LogP contribution < -0.4 is 5.32 Å². The molecule has 3 unspecified atom stereocenters. The van der Waals surface area contributed by atoms with Gasteiger partial charge in [0.15, 0.2) is 31.4 Å². The van der Waals surface area contributed by atoms with Gasteiger partial charge in [0.25, 0.3) is 6.17 Å². The minimum atomic E-state index is -4.32. The van der Waals surface area contributed by atoms with Crippen LogP contribution in [0.5, 0.6) is 0 Å². The van der Waals surface area contributed by atoms with Crippen LogP contribution in [-0.4, -0.2) is 88.1 Å². The fourth-order valence-corrected chi connectivity index (χ4v) is 2.90. The van der Waals surface area contributed by atoms with Crippen LogP contribution in [0.25, 0.3) is 0 Å². The Kier molecular flexibility index (Phi) is 5.15. The number of carbonyl (C=O) groups excluding carboxylic acids is 1. The quantitative estimate of drug-likeness (QED) is 0.220. The van der Waals surface area contributed by atoms with Crippen LogP contribution in [0.1, 0.15) is 0 Å². The molecule has 23 heteroatoms. The Balaban J connectivity index is 2.63. The lowest BCUT2D eigenvalue weighted by atomic mass is 10.2. The van der Waals surface area contributed by atoms with Gasteiger partial charge in [0.1, 0.15) is 0 Å². The van der Waals surface area contributed by atoms with Gasteiger partial charge in [-0.15, -0.1) is 0 Å². The van der Waals surface area contributed by atoms with Gasteiger partial charge >= 0.3 is 11.8 Å². The third-order valence-electron chi connectivity index (χ3n) is 4.24. The van der Waals surface area contributed by atoms with Crippen molar-refractivity contribution in [3.8, 4) is 0 Å². The molecule has 2 rings (SSSR count). The van der Waals surface area contributed by atoms with E-state index in [-0.39, 0.29) is 9.91 Å². The van der Waals surface area contributed by atoms with E-state index in [1.54, 1.807) is 0 Å². The molecule has 1 N–H and O–H groups in total. The fraction of sp³-hybridized carbons (Fsp3) is 0.857. The summed E-state index contributed by atoms with van der Waals surface area (Å²) in [4.78, 5) is 72.0. The summed E-state index contributed by atoms with van der Waals surface area (Å²) in [6.45, 7) is -3.20. The molecule has 0 spiro atoms. The summed E-state index contributed by atoms with van der Waals surface area (Å²) in [6, 6.07) is -1.94. The Morgan fingerprint density at radius 1 is 0.900 bits per heavy atom. The Bertz CT molecular complexity index is 823. The Labute approximate surface area is 160 Å². The highest BCUT2D eigenvalue weighted by Gasteiger charge is 2.76. The monoisotopic (exact) mass is 440 g/mol. The Hall–Kier alpha value is -4.57. The van der Waals surface area contributed by atoms with Gasteiger partial charge in [0.05, 0.1) is 0 Å². The molecule has 2 fully saturated rings. The summed E-state index contributed by atoms with van der Waals surface area (Å²) in [5.41, 5.74) is 0. The van der Waals surface area contributed by atoms with Gasteiger partial charge in [-0.3, -0.25) is 45.4 Å². The lowest BCUT2D eigenvalue weighted by Gasteiger charge is -2.34. The van der Waals surface area contributed by atoms with Crippen molar-refractivity contribution in [1.82, 2.24) is 20.2 Å². The van der Waals surface area contributed by atoms with Gasteiger partial charge in [-0.1, -0.05) is 5.01 Å². The van der Waals surface area contributed by atoms with E-state index in [0.717, 1.165) is 0 Å². The van der Waals surface area contributed by atoms with Gasteiger partial charge in [-0.2, -0.15) is 0 Å². The molecule has 2 amide bonds. The smallest absolute Gasteiger partial charge is 0.269 e. The Morgan fingerprint density at radius 3 is 1.77 bits per heavy atom. The van der Waals surface area contributed by atoms with E-state index in [0.29, 0.717) is 0 Å². The van der Waals surface area contributed by atoms with Crippen LogP contribution in [0.2, 0.25) is 0 Å². The predicted octanol–water partition coefficient (Wildman–Crippen LogP) is -3.25. The largest absolute Gasteiger partial charge is 0.717 e. The van der Waals surface area contributed by atoms with E-state index in [4.69, 9.17) is 0 Å². The van der Waals surface area contributed by atoms with Crippen LogP contribution in [0.15, 0.2) is 0 Å². The zero-order valence-corrected chi connectivity index (χ0v) is 14.0. The van der Waals surface area contributed by atoms with Crippen molar-refractivity contribution in [2.75, 3.05) is 13.1 Å². The number of piperazine rings is 1. The molecular weight excluding hydrogens is 432 g/mol. The summed E-state index contributed by atoms with van der Waals surface area (Å²) in [5.74, 6) is -4.32. The van der Waals surface area contributed by atoms with Gasteiger partial charge < -0.3 is 0 Å². The van der Waals surface area contributed by atoms with E-state index in [2.05, 4.69) is 0 Å². The van der Waals surface area contributed by atoms with Crippen LogP contribution in [0.3, 0.4) is 0 Å². The minimum absolute atomic E-state index is 0.110. The number of carbonyl (C=O) groups is 1. The summed E-state index contributed by atoms with van der Waals surface area (Å²) in [6.07, 6.45) is -6.50. The third kappa shape index (κ3) is 3.02. The molecule has 0 aromatic heterocycles. The summed E-state index contributed by atoms with van der Waals surface area (Å²) in [7, 11) is 0. The molecule has 30 heavy (non-hydrogen) atoms. The van der Waals surface area contributed by atoms with Gasteiger partial charge in [-0.25, -0.2) is 30.3 Å². The second kappa shape index (κ2) is 7.11. The SMILES string of the molecule is O=C1N(CC([N+](=O)[O-])([N+](=O)[O-])[N+](=O)[O-])C2C(NC([N+](=O)[O-])CN2[N+](=O)[O-])N1[N+](=O)[O-]. The van der Waals surface area contributed by atoms with Crippen molar-refractivity contribution in [1.29, 1.82) is 0 Å². The minimum Gasteiger partial charge on any atom is -0.269 e. The number of urea groups is 1. The van der Waals surface area contributed by atoms with E-state index in [9.17, 15) is 65.5 Å². The number of nitrogens with zero attached hydrogens (tertiary/aromatic N) is 9. The standard InChI is InChI=1S/C7H8N10O13/c18-6-9(2-7(13(21)22,14(23)24)15(25)26)5-4(11(6)17(29)30)8-3(12(19)20)1-10(5)16(27)28/h3-5,8H,1-2H2. The highest BCUT2D eigenvalue weighted by molar-refractivity contribution is 5.76. The van der Waals surface area contributed by atoms with Crippen LogP contribution >= 0.6 is 0 Å². The topological polar surface area (TPSA) is 298 Å². The van der Waals surface area contributed by atoms with Crippen molar-refractivity contribution in [3.05, 3.63) is 60.7 Å². The summed E-state index contributed by atoms with van der Waals surface area (Å²) < 4.78 is 0. The summed E-state index contributed by atoms with van der Waals surface area (Å²) in [5, 5.41) is 65.4. The molecule has 0 aromatic rings. The molecule has 0 aromatic carbocycles. The number of hydrazine groups is 2. The number of rotatable bonds is 8. The molecule has 2 heterocycles. The number of nitrogens with one attached hydrogen (secondary N) is 1. The van der Waals surface area contributed by atoms with Crippen molar-refractivity contribution >= 4 is 6.03 Å². The van der Waals surface area contributed by atoms with E-state index in [1.807, 2.05) is 5.32 Å². The molecule has 2 aliphatic rings. The summed E-state index contributed by atoms with van der Waals surface area (Å²) >= 11 is 0. The fourth-order valence-electron chi connectivity index (χ4n) is 2.90. The van der Waals surface area contributed by atoms with Crippen molar-refractivity contribution in [2.45, 2.75) is 24.3 Å². The second-order valence-corrected chi connectivity index (χ2v) is 5.72.